The summed E-state index contributed by atoms with van der Waals surface area (Å²) >= 11 is 0. The van der Waals surface area contributed by atoms with Crippen LogP contribution in [0.25, 0.3) is 0 Å². The van der Waals surface area contributed by atoms with Crippen molar-refractivity contribution < 1.29 is 4.74 Å². The third-order valence-corrected chi connectivity index (χ3v) is 4.73. The highest BCUT2D eigenvalue weighted by molar-refractivity contribution is 5.37. The Morgan fingerprint density at radius 3 is 2.63 bits per heavy atom. The molecule has 3 N–H and O–H groups in total. The fourth-order valence-electron chi connectivity index (χ4n) is 3.52. The first-order chi connectivity index (χ1) is 8.99. The molecule has 2 rings (SSSR count). The van der Waals surface area contributed by atoms with E-state index in [1.807, 2.05) is 6.07 Å². The lowest BCUT2D eigenvalue weighted by Crippen LogP contribution is -2.38. The Balaban J connectivity index is 2.32. The molecule has 0 spiro atoms. The van der Waals surface area contributed by atoms with Crippen molar-refractivity contribution in [2.75, 3.05) is 7.11 Å². The molecule has 2 unspecified atom stereocenters. The van der Waals surface area contributed by atoms with Gasteiger partial charge in [-0.2, -0.15) is 0 Å². The molecule has 0 heterocycles. The maximum absolute atomic E-state index is 5.86. The molecule has 0 saturated heterocycles. The molecule has 19 heavy (non-hydrogen) atoms. The zero-order valence-electron chi connectivity index (χ0n) is 12.5. The fourth-order valence-corrected chi connectivity index (χ4v) is 3.52. The molecule has 1 aliphatic rings. The summed E-state index contributed by atoms with van der Waals surface area (Å²) in [6.07, 6.45) is 3.82. The molecule has 1 aromatic carbocycles. The molecule has 0 aliphatic heterocycles. The van der Waals surface area contributed by atoms with E-state index in [9.17, 15) is 0 Å². The molecule has 0 aromatic heterocycles. The van der Waals surface area contributed by atoms with Gasteiger partial charge in [0, 0.05) is 6.04 Å². The van der Waals surface area contributed by atoms with Crippen LogP contribution < -0.4 is 16.0 Å². The second-order valence-corrected chi connectivity index (χ2v) is 6.35. The number of hydrogen-bond donors (Lipinski definition) is 2. The van der Waals surface area contributed by atoms with Crippen molar-refractivity contribution in [1.29, 1.82) is 0 Å². The summed E-state index contributed by atoms with van der Waals surface area (Å²) in [5, 5.41) is 0. The molecule has 3 heteroatoms. The van der Waals surface area contributed by atoms with Crippen LogP contribution >= 0.6 is 0 Å². The summed E-state index contributed by atoms with van der Waals surface area (Å²) < 4.78 is 5.28. The number of nitrogens with two attached hydrogens (primary N) is 1. The van der Waals surface area contributed by atoms with Crippen molar-refractivity contribution in [2.24, 2.45) is 17.2 Å². The molecule has 0 bridgehead atoms. The normalized spacial score (nSPS) is 23.3. The average Bonchev–Trinajstić information content (AvgIpc) is 2.72. The van der Waals surface area contributed by atoms with Crippen LogP contribution in [0.15, 0.2) is 18.2 Å². The first-order valence-electron chi connectivity index (χ1n) is 7.10. The predicted molar refractivity (Wildman–Crippen MR) is 78.9 cm³/mol. The van der Waals surface area contributed by atoms with Gasteiger partial charge >= 0.3 is 0 Å². The smallest absolute Gasteiger partial charge is 0.119 e. The van der Waals surface area contributed by atoms with Crippen molar-refractivity contribution in [3.63, 3.8) is 0 Å². The van der Waals surface area contributed by atoms with Crippen molar-refractivity contribution in [2.45, 2.75) is 46.1 Å². The lowest BCUT2D eigenvalue weighted by atomic mass is 9.75. The van der Waals surface area contributed by atoms with E-state index in [1.165, 1.54) is 30.4 Å². The lowest BCUT2D eigenvalue weighted by Gasteiger charge is -2.34. The van der Waals surface area contributed by atoms with Gasteiger partial charge in [0.1, 0.15) is 5.75 Å². The second-order valence-electron chi connectivity index (χ2n) is 6.35. The van der Waals surface area contributed by atoms with Gasteiger partial charge in [-0.15, -0.1) is 0 Å². The number of ether oxygens (including phenoxy) is 1. The zero-order chi connectivity index (χ0) is 14.0. The molecule has 0 amide bonds. The van der Waals surface area contributed by atoms with Crippen molar-refractivity contribution in [3.05, 3.63) is 29.3 Å². The Morgan fingerprint density at radius 1 is 1.42 bits per heavy atom. The Morgan fingerprint density at radius 2 is 2.16 bits per heavy atom. The molecule has 2 atom stereocenters. The minimum Gasteiger partial charge on any atom is -0.497 e. The molecular weight excluding hydrogens is 236 g/mol. The maximum Gasteiger partial charge on any atom is 0.119 e. The van der Waals surface area contributed by atoms with Gasteiger partial charge in [-0.1, -0.05) is 26.3 Å². The lowest BCUT2D eigenvalue weighted by molar-refractivity contribution is 0.198. The molecule has 1 saturated carbocycles. The molecule has 0 radical (unpaired) electrons. The topological polar surface area (TPSA) is 47.3 Å². The van der Waals surface area contributed by atoms with Crippen LogP contribution in [0, 0.1) is 18.3 Å². The minimum absolute atomic E-state index is 0.225. The third-order valence-electron chi connectivity index (χ3n) is 4.73. The second kappa shape index (κ2) is 5.51. The molecule has 1 aromatic rings. The highest BCUT2D eigenvalue weighted by atomic mass is 16.5. The SMILES string of the molecule is COc1ccc(C(NN)C2CCCC2(C)C)c(C)c1. The van der Waals surface area contributed by atoms with E-state index in [-0.39, 0.29) is 6.04 Å². The number of nitrogens with one attached hydrogen (secondary N) is 1. The summed E-state index contributed by atoms with van der Waals surface area (Å²) in [5.41, 5.74) is 5.94. The Bertz CT molecular complexity index is 442. The number of hydrazine groups is 1. The van der Waals surface area contributed by atoms with Crippen LogP contribution in [0.1, 0.15) is 50.3 Å². The minimum atomic E-state index is 0.225. The molecule has 106 valence electrons. The highest BCUT2D eigenvalue weighted by Gasteiger charge is 2.40. The zero-order valence-corrected chi connectivity index (χ0v) is 12.5. The fraction of sp³-hybridized carbons (Fsp3) is 0.625. The summed E-state index contributed by atoms with van der Waals surface area (Å²) in [7, 11) is 1.70. The first-order valence-corrected chi connectivity index (χ1v) is 7.10. The van der Waals surface area contributed by atoms with Gasteiger partial charge in [-0.25, -0.2) is 0 Å². The van der Waals surface area contributed by atoms with Crippen LogP contribution in [0.4, 0.5) is 0 Å². The van der Waals surface area contributed by atoms with Crippen LogP contribution in [0.5, 0.6) is 5.75 Å². The van der Waals surface area contributed by atoms with Gasteiger partial charge in [-0.3, -0.25) is 11.3 Å². The van der Waals surface area contributed by atoms with Gasteiger partial charge in [0.25, 0.3) is 0 Å². The Labute approximate surface area is 116 Å². The van der Waals surface area contributed by atoms with Crippen LogP contribution in [0.3, 0.4) is 0 Å². The van der Waals surface area contributed by atoms with E-state index in [2.05, 4.69) is 38.3 Å². The molecule has 1 fully saturated rings. The van der Waals surface area contributed by atoms with Crippen LogP contribution in [-0.2, 0) is 0 Å². The largest absolute Gasteiger partial charge is 0.497 e. The van der Waals surface area contributed by atoms with Crippen LogP contribution in [-0.4, -0.2) is 7.11 Å². The number of hydrogen-bond acceptors (Lipinski definition) is 3. The van der Waals surface area contributed by atoms with E-state index < -0.39 is 0 Å². The summed E-state index contributed by atoms with van der Waals surface area (Å²) in [5.74, 6) is 7.36. The number of methoxy groups -OCH3 is 1. The van der Waals surface area contributed by atoms with Gasteiger partial charge in [0.15, 0.2) is 0 Å². The maximum atomic E-state index is 5.86. The van der Waals surface area contributed by atoms with E-state index in [4.69, 9.17) is 10.6 Å². The number of benzene rings is 1. The van der Waals surface area contributed by atoms with E-state index in [1.54, 1.807) is 7.11 Å². The Hall–Kier alpha value is -1.06. The van der Waals surface area contributed by atoms with Gasteiger partial charge in [-0.05, 0) is 54.4 Å². The summed E-state index contributed by atoms with van der Waals surface area (Å²) in [6, 6.07) is 6.48. The van der Waals surface area contributed by atoms with Gasteiger partial charge < -0.3 is 4.74 Å². The standard InChI is InChI=1S/C16H26N2O/c1-11-10-12(19-4)7-8-13(11)15(18-17)14-6-5-9-16(14,2)3/h7-8,10,14-15,18H,5-6,9,17H2,1-4H3. The first kappa shape index (κ1) is 14.4. The van der Waals surface area contributed by atoms with Gasteiger partial charge in [0.05, 0.1) is 7.11 Å². The van der Waals surface area contributed by atoms with Crippen LogP contribution in [0.2, 0.25) is 0 Å². The van der Waals surface area contributed by atoms with E-state index in [0.29, 0.717) is 11.3 Å². The monoisotopic (exact) mass is 262 g/mol. The van der Waals surface area contributed by atoms with E-state index in [0.717, 1.165) is 5.75 Å². The third kappa shape index (κ3) is 2.77. The average molecular weight is 262 g/mol. The van der Waals surface area contributed by atoms with Gasteiger partial charge in [0.2, 0.25) is 0 Å². The quantitative estimate of drug-likeness (QED) is 0.646. The molecular formula is C16H26N2O. The van der Waals surface area contributed by atoms with E-state index >= 15 is 0 Å². The van der Waals surface area contributed by atoms with Crippen molar-refractivity contribution in [1.82, 2.24) is 5.43 Å². The predicted octanol–water partition coefficient (Wildman–Crippen LogP) is 3.33. The highest BCUT2D eigenvalue weighted by Crippen LogP contribution is 2.49. The Kier molecular flexibility index (Phi) is 4.16. The van der Waals surface area contributed by atoms with Crippen molar-refractivity contribution >= 4 is 0 Å². The summed E-state index contributed by atoms with van der Waals surface area (Å²) in [4.78, 5) is 0. The number of rotatable bonds is 4. The molecule has 1 aliphatic carbocycles. The summed E-state index contributed by atoms with van der Waals surface area (Å²) in [6.45, 7) is 6.84. The number of aryl methyl sites for hydroxylation is 1. The van der Waals surface area contributed by atoms with Crippen molar-refractivity contribution in [3.8, 4) is 5.75 Å². The molecule has 3 nitrogen and oxygen atoms in total.